The zero-order valence-electron chi connectivity index (χ0n) is 15.5. The maximum Gasteiger partial charge on any atom is 0.416 e. The zero-order chi connectivity index (χ0) is 17.7. The van der Waals surface area contributed by atoms with Crippen LogP contribution in [-0.2, 0) is 9.47 Å². The maximum atomic E-state index is 12.5. The second-order valence-corrected chi connectivity index (χ2v) is 9.97. The summed E-state index contributed by atoms with van der Waals surface area (Å²) in [6, 6.07) is 0. The van der Waals surface area contributed by atoms with Crippen LogP contribution < -0.4 is 0 Å². The third-order valence-corrected chi connectivity index (χ3v) is 5.21. The third kappa shape index (κ3) is 7.40. The summed E-state index contributed by atoms with van der Waals surface area (Å²) >= 11 is 3.72. The van der Waals surface area contributed by atoms with Crippen LogP contribution in [-0.4, -0.2) is 45.7 Å². The molecule has 0 atom stereocenters. The third-order valence-electron chi connectivity index (χ3n) is 3.05. The van der Waals surface area contributed by atoms with Crippen molar-refractivity contribution in [3.05, 3.63) is 11.1 Å². The number of amides is 1. The van der Waals surface area contributed by atoms with E-state index in [1.54, 1.807) is 16.7 Å². The van der Waals surface area contributed by atoms with Gasteiger partial charge in [0.1, 0.15) is 11.3 Å². The van der Waals surface area contributed by atoms with E-state index >= 15 is 0 Å². The molecule has 134 valence electrons. The van der Waals surface area contributed by atoms with Gasteiger partial charge >= 0.3 is 6.09 Å². The maximum absolute atomic E-state index is 12.5. The summed E-state index contributed by atoms with van der Waals surface area (Å²) in [6.45, 7) is 14.3. The number of rotatable bonds is 6. The SMILES string of the molecule is CC(C)SCCCS/C=C1\COC(C)(C)N1C(=O)OC(C)(C)C. The molecule has 6 heteroatoms. The van der Waals surface area contributed by atoms with Gasteiger partial charge in [-0.2, -0.15) is 11.8 Å². The highest BCUT2D eigenvalue weighted by Gasteiger charge is 2.42. The average Bonchev–Trinajstić information content (AvgIpc) is 2.66. The number of carbonyl (C=O) groups is 1. The first-order valence-electron chi connectivity index (χ1n) is 8.12. The Balaban J connectivity index is 2.58. The molecule has 1 amide bonds. The summed E-state index contributed by atoms with van der Waals surface area (Å²) in [5.74, 6) is 2.22. The molecule has 23 heavy (non-hydrogen) atoms. The summed E-state index contributed by atoms with van der Waals surface area (Å²) in [6.07, 6.45) is 0.816. The van der Waals surface area contributed by atoms with Crippen molar-refractivity contribution in [2.75, 3.05) is 18.1 Å². The highest BCUT2D eigenvalue weighted by molar-refractivity contribution is 8.02. The minimum absolute atomic E-state index is 0.345. The fourth-order valence-corrected chi connectivity index (χ4v) is 3.83. The molecular weight excluding hydrogens is 330 g/mol. The van der Waals surface area contributed by atoms with Crippen LogP contribution in [0.4, 0.5) is 4.79 Å². The van der Waals surface area contributed by atoms with Crippen molar-refractivity contribution in [1.29, 1.82) is 0 Å². The molecule has 1 rings (SSSR count). The molecule has 1 aliphatic heterocycles. The average molecular weight is 362 g/mol. The number of ether oxygens (including phenoxy) is 2. The zero-order valence-corrected chi connectivity index (χ0v) is 17.1. The van der Waals surface area contributed by atoms with Gasteiger partial charge in [-0.3, -0.25) is 0 Å². The molecule has 0 spiro atoms. The molecule has 0 N–H and O–H groups in total. The Hall–Kier alpha value is -0.330. The van der Waals surface area contributed by atoms with Crippen molar-refractivity contribution in [2.24, 2.45) is 0 Å². The fraction of sp³-hybridized carbons (Fsp3) is 0.824. The van der Waals surface area contributed by atoms with Gasteiger partial charge in [0.25, 0.3) is 0 Å². The van der Waals surface area contributed by atoms with E-state index in [1.165, 1.54) is 5.75 Å². The molecule has 0 bridgehead atoms. The van der Waals surface area contributed by atoms with Gasteiger partial charge in [-0.15, -0.1) is 11.8 Å². The Kier molecular flexibility index (Phi) is 7.81. The minimum Gasteiger partial charge on any atom is -0.443 e. The van der Waals surface area contributed by atoms with Crippen LogP contribution in [0.25, 0.3) is 0 Å². The first-order valence-corrected chi connectivity index (χ1v) is 10.2. The molecule has 0 aromatic heterocycles. The van der Waals surface area contributed by atoms with Crippen LogP contribution in [0.1, 0.15) is 54.9 Å². The van der Waals surface area contributed by atoms with Gasteiger partial charge in [0.2, 0.25) is 0 Å². The van der Waals surface area contributed by atoms with Crippen LogP contribution in [0.3, 0.4) is 0 Å². The molecule has 0 aromatic rings. The first-order chi connectivity index (χ1) is 10.5. The number of nitrogens with zero attached hydrogens (tertiary/aromatic N) is 1. The van der Waals surface area contributed by atoms with E-state index in [9.17, 15) is 4.79 Å². The molecule has 0 unspecified atom stereocenters. The van der Waals surface area contributed by atoms with Crippen molar-refractivity contribution in [3.8, 4) is 0 Å². The molecule has 4 nitrogen and oxygen atoms in total. The monoisotopic (exact) mass is 361 g/mol. The topological polar surface area (TPSA) is 38.8 Å². The van der Waals surface area contributed by atoms with E-state index in [0.29, 0.717) is 11.9 Å². The lowest BCUT2D eigenvalue weighted by molar-refractivity contribution is -0.0567. The van der Waals surface area contributed by atoms with Gasteiger partial charge in [-0.05, 0) is 63.2 Å². The van der Waals surface area contributed by atoms with E-state index in [4.69, 9.17) is 9.47 Å². The van der Waals surface area contributed by atoms with Crippen molar-refractivity contribution in [3.63, 3.8) is 0 Å². The standard InChI is InChI=1S/C17H31NO3S2/c1-13(2)23-10-8-9-22-12-14-11-20-17(6,7)18(14)15(19)21-16(3,4)5/h12-13H,8-11H2,1-7H3/b14-12+. The van der Waals surface area contributed by atoms with Crippen LogP contribution in [0.5, 0.6) is 0 Å². The molecule has 1 aliphatic rings. The Morgan fingerprint density at radius 2 is 2.04 bits per heavy atom. The quantitative estimate of drug-likeness (QED) is 0.616. The van der Waals surface area contributed by atoms with Crippen LogP contribution >= 0.6 is 23.5 Å². The summed E-state index contributed by atoms with van der Waals surface area (Å²) in [4.78, 5) is 14.1. The van der Waals surface area contributed by atoms with Crippen molar-refractivity contribution in [1.82, 2.24) is 4.90 Å². The van der Waals surface area contributed by atoms with Crippen molar-refractivity contribution < 1.29 is 14.3 Å². The normalized spacial score (nSPS) is 19.7. The van der Waals surface area contributed by atoms with Crippen LogP contribution in [0.15, 0.2) is 11.1 Å². The summed E-state index contributed by atoms with van der Waals surface area (Å²) in [5, 5.41) is 2.73. The summed E-state index contributed by atoms with van der Waals surface area (Å²) in [7, 11) is 0. The lowest BCUT2D eigenvalue weighted by atomic mass is 10.2. The van der Waals surface area contributed by atoms with E-state index < -0.39 is 11.3 Å². The predicted octanol–water partition coefficient (Wildman–Crippen LogP) is 5.10. The van der Waals surface area contributed by atoms with Gasteiger partial charge in [-0.25, -0.2) is 9.69 Å². The van der Waals surface area contributed by atoms with E-state index in [0.717, 1.165) is 17.9 Å². The summed E-state index contributed by atoms with van der Waals surface area (Å²) in [5.41, 5.74) is -0.296. The molecule has 0 aromatic carbocycles. The van der Waals surface area contributed by atoms with Gasteiger partial charge in [0.15, 0.2) is 0 Å². The second-order valence-electron chi connectivity index (χ2n) is 7.30. The van der Waals surface area contributed by atoms with E-state index in [2.05, 4.69) is 13.8 Å². The summed E-state index contributed by atoms with van der Waals surface area (Å²) < 4.78 is 11.3. The van der Waals surface area contributed by atoms with Gasteiger partial charge in [0, 0.05) is 0 Å². The first kappa shape index (κ1) is 20.7. The molecule has 1 saturated heterocycles. The Morgan fingerprint density at radius 1 is 1.39 bits per heavy atom. The van der Waals surface area contributed by atoms with Gasteiger partial charge in [0.05, 0.1) is 12.3 Å². The Bertz CT molecular complexity index is 428. The van der Waals surface area contributed by atoms with Crippen LogP contribution in [0, 0.1) is 0 Å². The molecular formula is C17H31NO3S2. The number of thioether (sulfide) groups is 2. The lowest BCUT2D eigenvalue weighted by Gasteiger charge is -2.32. The van der Waals surface area contributed by atoms with Gasteiger partial charge < -0.3 is 9.47 Å². The molecule has 1 heterocycles. The fourth-order valence-electron chi connectivity index (χ4n) is 2.07. The Morgan fingerprint density at radius 3 is 2.61 bits per heavy atom. The highest BCUT2D eigenvalue weighted by Crippen LogP contribution is 2.33. The smallest absolute Gasteiger partial charge is 0.416 e. The number of hydrogen-bond donors (Lipinski definition) is 0. The molecule has 0 aliphatic carbocycles. The van der Waals surface area contributed by atoms with Gasteiger partial charge in [-0.1, -0.05) is 13.8 Å². The van der Waals surface area contributed by atoms with Crippen LogP contribution in [0.2, 0.25) is 0 Å². The predicted molar refractivity (Wildman–Crippen MR) is 101 cm³/mol. The minimum atomic E-state index is -0.664. The van der Waals surface area contributed by atoms with E-state index in [1.807, 2.05) is 51.8 Å². The molecule has 0 radical (unpaired) electrons. The lowest BCUT2D eigenvalue weighted by Crippen LogP contribution is -2.45. The van der Waals surface area contributed by atoms with Crippen molar-refractivity contribution in [2.45, 2.75) is 71.5 Å². The number of carbonyl (C=O) groups excluding carboxylic acids is 1. The van der Waals surface area contributed by atoms with E-state index in [-0.39, 0.29) is 6.09 Å². The molecule has 0 saturated carbocycles. The molecule has 1 fully saturated rings. The number of hydrogen-bond acceptors (Lipinski definition) is 5. The Labute approximate surface area is 149 Å². The largest absolute Gasteiger partial charge is 0.443 e. The highest BCUT2D eigenvalue weighted by atomic mass is 32.2. The second kappa shape index (κ2) is 8.67. The van der Waals surface area contributed by atoms with Crippen molar-refractivity contribution >= 4 is 29.6 Å².